The Balaban J connectivity index is 1.71. The Bertz CT molecular complexity index is 396. The Hall–Kier alpha value is -0.940. The highest BCUT2D eigenvalue weighted by Gasteiger charge is 2.29. The van der Waals surface area contributed by atoms with Gasteiger partial charge in [-0.3, -0.25) is 4.90 Å². The highest BCUT2D eigenvalue weighted by Crippen LogP contribution is 2.38. The highest BCUT2D eigenvalue weighted by molar-refractivity contribution is 5.07. The van der Waals surface area contributed by atoms with Crippen LogP contribution in [0.25, 0.3) is 0 Å². The van der Waals surface area contributed by atoms with Crippen LogP contribution in [0.15, 0.2) is 0 Å². The van der Waals surface area contributed by atoms with Crippen molar-refractivity contribution in [2.24, 2.45) is 7.05 Å². The fourth-order valence-electron chi connectivity index (χ4n) is 2.51. The summed E-state index contributed by atoms with van der Waals surface area (Å²) >= 11 is 0. The summed E-state index contributed by atoms with van der Waals surface area (Å²) in [5.74, 6) is 2.98. The Morgan fingerprint density at radius 3 is 2.88 bits per heavy atom. The summed E-state index contributed by atoms with van der Waals surface area (Å²) in [5.41, 5.74) is 0. The van der Waals surface area contributed by atoms with E-state index < -0.39 is 0 Å². The van der Waals surface area contributed by atoms with Gasteiger partial charge in [0, 0.05) is 38.6 Å². The molecule has 0 amide bonds. The molecule has 1 N–H and O–H groups in total. The highest BCUT2D eigenvalue weighted by atomic mass is 15.3. The lowest BCUT2D eigenvalue weighted by Crippen LogP contribution is -2.49. The summed E-state index contributed by atoms with van der Waals surface area (Å²) in [4.78, 5) is 2.48. The van der Waals surface area contributed by atoms with Crippen LogP contribution in [-0.4, -0.2) is 45.3 Å². The van der Waals surface area contributed by atoms with Gasteiger partial charge in [-0.15, -0.1) is 10.2 Å². The maximum absolute atomic E-state index is 4.36. The summed E-state index contributed by atoms with van der Waals surface area (Å²) in [5, 5.41) is 12.1. The second-order valence-electron chi connectivity index (χ2n) is 5.33. The SMILES string of the molecule is C[C@@H]1CNCCN1Cc1nnc(C2CC2)n1C. The van der Waals surface area contributed by atoms with Crippen LogP contribution in [0, 0.1) is 0 Å². The molecular weight excluding hydrogens is 214 g/mol. The topological polar surface area (TPSA) is 46.0 Å². The molecule has 2 fully saturated rings. The number of nitrogens with zero attached hydrogens (tertiary/aromatic N) is 4. The molecule has 0 spiro atoms. The van der Waals surface area contributed by atoms with E-state index >= 15 is 0 Å². The lowest BCUT2D eigenvalue weighted by Gasteiger charge is -2.33. The van der Waals surface area contributed by atoms with Crippen LogP contribution in [0.1, 0.15) is 37.3 Å². The molecule has 1 aliphatic carbocycles. The van der Waals surface area contributed by atoms with Crippen molar-refractivity contribution in [3.63, 3.8) is 0 Å². The normalized spacial score (nSPS) is 26.4. The predicted octanol–water partition coefficient (Wildman–Crippen LogP) is 0.486. The van der Waals surface area contributed by atoms with Gasteiger partial charge in [0.15, 0.2) is 0 Å². The van der Waals surface area contributed by atoms with E-state index in [4.69, 9.17) is 0 Å². The van der Waals surface area contributed by atoms with Crippen molar-refractivity contribution in [2.45, 2.75) is 38.3 Å². The first-order valence-electron chi connectivity index (χ1n) is 6.58. The van der Waals surface area contributed by atoms with Crippen molar-refractivity contribution in [3.8, 4) is 0 Å². The van der Waals surface area contributed by atoms with Gasteiger partial charge in [-0.05, 0) is 19.8 Å². The molecule has 0 aromatic carbocycles. The molecule has 1 aliphatic heterocycles. The summed E-state index contributed by atoms with van der Waals surface area (Å²) < 4.78 is 2.20. The molecule has 1 saturated carbocycles. The van der Waals surface area contributed by atoms with Gasteiger partial charge in [0.1, 0.15) is 11.6 Å². The van der Waals surface area contributed by atoms with Gasteiger partial charge >= 0.3 is 0 Å². The van der Waals surface area contributed by atoms with E-state index in [1.807, 2.05) is 0 Å². The van der Waals surface area contributed by atoms with E-state index in [2.05, 4.69) is 39.0 Å². The van der Waals surface area contributed by atoms with Crippen LogP contribution in [0.4, 0.5) is 0 Å². The van der Waals surface area contributed by atoms with Gasteiger partial charge in [-0.1, -0.05) is 0 Å². The summed E-state index contributed by atoms with van der Waals surface area (Å²) in [6.45, 7) is 6.46. The van der Waals surface area contributed by atoms with E-state index in [0.29, 0.717) is 12.0 Å². The zero-order valence-corrected chi connectivity index (χ0v) is 10.7. The van der Waals surface area contributed by atoms with Crippen molar-refractivity contribution in [1.82, 2.24) is 25.0 Å². The zero-order valence-electron chi connectivity index (χ0n) is 10.7. The van der Waals surface area contributed by atoms with E-state index in [0.717, 1.165) is 32.0 Å². The van der Waals surface area contributed by atoms with Crippen molar-refractivity contribution in [3.05, 3.63) is 11.6 Å². The van der Waals surface area contributed by atoms with Gasteiger partial charge in [0.2, 0.25) is 0 Å². The smallest absolute Gasteiger partial charge is 0.146 e. The first-order chi connectivity index (χ1) is 8.25. The van der Waals surface area contributed by atoms with Crippen molar-refractivity contribution in [1.29, 1.82) is 0 Å². The third-order valence-corrected chi connectivity index (χ3v) is 3.92. The van der Waals surface area contributed by atoms with Crippen molar-refractivity contribution < 1.29 is 0 Å². The molecule has 94 valence electrons. The molecule has 2 aliphatic rings. The van der Waals surface area contributed by atoms with Crippen LogP contribution in [0.3, 0.4) is 0 Å². The predicted molar refractivity (Wildman–Crippen MR) is 65.7 cm³/mol. The molecule has 1 aromatic heterocycles. The number of nitrogens with one attached hydrogen (secondary N) is 1. The molecule has 0 bridgehead atoms. The zero-order chi connectivity index (χ0) is 11.8. The third kappa shape index (κ3) is 2.21. The molecule has 2 heterocycles. The molecule has 0 unspecified atom stereocenters. The first kappa shape index (κ1) is 11.2. The molecule has 1 atom stereocenters. The van der Waals surface area contributed by atoms with Crippen LogP contribution in [-0.2, 0) is 13.6 Å². The molecular formula is C12H21N5. The number of hydrogen-bond donors (Lipinski definition) is 1. The van der Waals surface area contributed by atoms with E-state index in [9.17, 15) is 0 Å². The summed E-state index contributed by atoms with van der Waals surface area (Å²) in [6, 6.07) is 0.588. The van der Waals surface area contributed by atoms with E-state index in [-0.39, 0.29) is 0 Å². The minimum Gasteiger partial charge on any atom is -0.317 e. The Morgan fingerprint density at radius 1 is 1.35 bits per heavy atom. The molecule has 3 rings (SSSR count). The fraction of sp³-hybridized carbons (Fsp3) is 0.833. The number of piperazine rings is 1. The Labute approximate surface area is 102 Å². The van der Waals surface area contributed by atoms with Gasteiger partial charge < -0.3 is 9.88 Å². The average Bonchev–Trinajstić information content (AvgIpc) is 3.09. The molecule has 5 nitrogen and oxygen atoms in total. The summed E-state index contributed by atoms with van der Waals surface area (Å²) in [6.07, 6.45) is 2.58. The maximum atomic E-state index is 4.36. The largest absolute Gasteiger partial charge is 0.317 e. The molecule has 5 heteroatoms. The van der Waals surface area contributed by atoms with Gasteiger partial charge in [-0.2, -0.15) is 0 Å². The van der Waals surface area contributed by atoms with Crippen LogP contribution in [0.2, 0.25) is 0 Å². The second-order valence-corrected chi connectivity index (χ2v) is 5.33. The van der Waals surface area contributed by atoms with Gasteiger partial charge in [-0.25, -0.2) is 0 Å². The summed E-state index contributed by atoms with van der Waals surface area (Å²) in [7, 11) is 2.11. The van der Waals surface area contributed by atoms with Crippen molar-refractivity contribution in [2.75, 3.05) is 19.6 Å². The Kier molecular flexibility index (Phi) is 2.88. The number of hydrogen-bond acceptors (Lipinski definition) is 4. The van der Waals surface area contributed by atoms with E-state index in [1.165, 1.54) is 18.7 Å². The monoisotopic (exact) mass is 235 g/mol. The number of rotatable bonds is 3. The lowest BCUT2D eigenvalue weighted by atomic mass is 10.2. The minimum absolute atomic E-state index is 0.588. The molecule has 1 saturated heterocycles. The second kappa shape index (κ2) is 4.38. The van der Waals surface area contributed by atoms with Gasteiger partial charge in [0.05, 0.1) is 6.54 Å². The maximum Gasteiger partial charge on any atom is 0.146 e. The van der Waals surface area contributed by atoms with E-state index in [1.54, 1.807) is 0 Å². The molecule has 0 radical (unpaired) electrons. The van der Waals surface area contributed by atoms with Gasteiger partial charge in [0.25, 0.3) is 0 Å². The Morgan fingerprint density at radius 2 is 2.18 bits per heavy atom. The fourth-order valence-corrected chi connectivity index (χ4v) is 2.51. The quantitative estimate of drug-likeness (QED) is 0.828. The average molecular weight is 235 g/mol. The van der Waals surface area contributed by atoms with Crippen LogP contribution < -0.4 is 5.32 Å². The minimum atomic E-state index is 0.588. The molecule has 1 aromatic rings. The standard InChI is InChI=1S/C12H21N5/c1-9-7-13-5-6-17(9)8-11-14-15-12(16(11)2)10-3-4-10/h9-10,13H,3-8H2,1-2H3/t9-/m1/s1. The number of aromatic nitrogens is 3. The van der Waals surface area contributed by atoms with Crippen LogP contribution in [0.5, 0.6) is 0 Å². The van der Waals surface area contributed by atoms with Crippen molar-refractivity contribution >= 4 is 0 Å². The van der Waals surface area contributed by atoms with Crippen LogP contribution >= 0.6 is 0 Å². The first-order valence-corrected chi connectivity index (χ1v) is 6.58. The third-order valence-electron chi connectivity index (χ3n) is 3.92. The lowest BCUT2D eigenvalue weighted by molar-refractivity contribution is 0.160. The molecule has 17 heavy (non-hydrogen) atoms.